The van der Waals surface area contributed by atoms with Gasteiger partial charge in [-0.25, -0.2) is 12.8 Å². The number of nitrogens with two attached hydrogens (primary N) is 1. The maximum Gasteiger partial charge on any atom is 0.296 e. The van der Waals surface area contributed by atoms with Crippen LogP contribution in [-0.4, -0.2) is 35.1 Å². The summed E-state index contributed by atoms with van der Waals surface area (Å²) in [7, 11) is -4.63. The average Bonchev–Trinajstić information content (AvgIpc) is 3.83. The second-order valence-corrected chi connectivity index (χ2v) is 12.7. The van der Waals surface area contributed by atoms with E-state index in [1.807, 2.05) is 0 Å². The molecule has 3 aromatic carbocycles. The van der Waals surface area contributed by atoms with Gasteiger partial charge in [0.15, 0.2) is 4.90 Å². The molecule has 1 aromatic heterocycles. The number of halogens is 1. The highest BCUT2D eigenvalue weighted by Gasteiger charge is 2.39. The summed E-state index contributed by atoms with van der Waals surface area (Å²) in [6.07, 6.45) is 1.30. The number of hydrogen-bond acceptors (Lipinski definition) is 8. The van der Waals surface area contributed by atoms with Gasteiger partial charge in [0.2, 0.25) is 21.6 Å². The Morgan fingerprint density at radius 3 is 2.48 bits per heavy atom. The number of rotatable bonds is 10. The molecule has 1 heterocycles. The first kappa shape index (κ1) is 30.6. The minimum Gasteiger partial charge on any atom is -0.493 e. The molecule has 1 fully saturated rings. The first-order chi connectivity index (χ1) is 20.9. The van der Waals surface area contributed by atoms with E-state index in [1.54, 1.807) is 38.1 Å². The molecular formula is C32H29FN4O6S. The molecule has 3 N–H and O–H groups in total. The molecular weight excluding hydrogens is 587 g/mol. The first-order valence-electron chi connectivity index (χ1n) is 13.8. The molecule has 1 unspecified atom stereocenters. The summed E-state index contributed by atoms with van der Waals surface area (Å²) >= 11 is 0. The quantitative estimate of drug-likeness (QED) is 0.263. The van der Waals surface area contributed by atoms with E-state index >= 15 is 0 Å². The fraction of sp³-hybridized carbons (Fsp3) is 0.250. The van der Waals surface area contributed by atoms with Crippen molar-refractivity contribution < 1.29 is 27.4 Å². The van der Waals surface area contributed by atoms with Crippen molar-refractivity contribution in [2.75, 3.05) is 0 Å². The smallest absolute Gasteiger partial charge is 0.296 e. The van der Waals surface area contributed by atoms with Crippen LogP contribution < -0.4 is 11.3 Å². The molecule has 4 aromatic rings. The lowest BCUT2D eigenvalue weighted by Gasteiger charge is -2.26. The van der Waals surface area contributed by atoms with E-state index in [2.05, 4.69) is 11.1 Å². The van der Waals surface area contributed by atoms with E-state index in [1.165, 1.54) is 34.9 Å². The van der Waals surface area contributed by atoms with Crippen LogP contribution in [0.15, 0.2) is 81.3 Å². The Morgan fingerprint density at radius 1 is 1.16 bits per heavy atom. The zero-order valence-corrected chi connectivity index (χ0v) is 24.7. The zero-order valence-electron chi connectivity index (χ0n) is 23.9. The minimum atomic E-state index is -4.63. The third-order valence-corrected chi connectivity index (χ3v) is 9.16. The summed E-state index contributed by atoms with van der Waals surface area (Å²) in [5.74, 6) is -2.27. The van der Waals surface area contributed by atoms with Crippen LogP contribution in [0.5, 0.6) is 5.88 Å². The van der Waals surface area contributed by atoms with E-state index < -0.39 is 43.9 Å². The standard InChI is InChI=1S/C32H29FN4O6S/c1-18(2)43-17-27-36-31(39)29(32(40)37(27)28(21-6-7-21)22-5-3-4-19(14-22)16-34)44(41,42)24-11-8-20(9-12-24)25-13-10-23(33)15-26(25)30(35)38/h3-5,8-15,18,21,28,40H,6-7,17H2,1-2H3,(H2,35,38). The summed E-state index contributed by atoms with van der Waals surface area (Å²) < 4.78 is 48.6. The molecule has 1 aliphatic rings. The molecule has 44 heavy (non-hydrogen) atoms. The number of primary amides is 1. The van der Waals surface area contributed by atoms with Gasteiger partial charge in [0.05, 0.1) is 28.7 Å². The van der Waals surface area contributed by atoms with Crippen molar-refractivity contribution in [1.82, 2.24) is 9.55 Å². The van der Waals surface area contributed by atoms with Gasteiger partial charge in [-0.05, 0) is 85.7 Å². The molecule has 5 rings (SSSR count). The van der Waals surface area contributed by atoms with Gasteiger partial charge in [0, 0.05) is 5.56 Å². The second-order valence-electron chi connectivity index (χ2n) is 10.8. The molecule has 0 radical (unpaired) electrons. The van der Waals surface area contributed by atoms with Crippen molar-refractivity contribution >= 4 is 15.7 Å². The number of nitriles is 1. The fourth-order valence-corrected chi connectivity index (χ4v) is 6.50. The van der Waals surface area contributed by atoms with Crippen LogP contribution in [0.25, 0.3) is 11.1 Å². The molecule has 1 aliphatic carbocycles. The molecule has 226 valence electrons. The van der Waals surface area contributed by atoms with Crippen LogP contribution in [0.4, 0.5) is 4.39 Å². The van der Waals surface area contributed by atoms with Gasteiger partial charge in [-0.15, -0.1) is 0 Å². The van der Waals surface area contributed by atoms with E-state index in [9.17, 15) is 32.8 Å². The van der Waals surface area contributed by atoms with Crippen LogP contribution >= 0.6 is 0 Å². The van der Waals surface area contributed by atoms with E-state index in [0.717, 1.165) is 25.0 Å². The van der Waals surface area contributed by atoms with Crippen molar-refractivity contribution in [2.45, 2.75) is 55.2 Å². The molecule has 0 bridgehead atoms. The van der Waals surface area contributed by atoms with Crippen LogP contribution in [0.1, 0.15) is 60.0 Å². The van der Waals surface area contributed by atoms with Gasteiger partial charge in [0.25, 0.3) is 5.56 Å². The third kappa shape index (κ3) is 5.97. The van der Waals surface area contributed by atoms with Crippen molar-refractivity contribution in [2.24, 2.45) is 11.7 Å². The Balaban J connectivity index is 1.65. The highest BCUT2D eigenvalue weighted by molar-refractivity contribution is 7.91. The number of aromatic nitrogens is 2. The van der Waals surface area contributed by atoms with Crippen LogP contribution in [0, 0.1) is 23.1 Å². The number of amides is 1. The number of nitrogens with zero attached hydrogens (tertiary/aromatic N) is 3. The number of aromatic hydroxyl groups is 1. The first-order valence-corrected chi connectivity index (χ1v) is 15.3. The monoisotopic (exact) mass is 616 g/mol. The molecule has 12 heteroatoms. The maximum atomic E-state index is 13.9. The van der Waals surface area contributed by atoms with Gasteiger partial charge >= 0.3 is 0 Å². The summed E-state index contributed by atoms with van der Waals surface area (Å²) in [5, 5.41) is 21.1. The van der Waals surface area contributed by atoms with E-state index in [0.29, 0.717) is 16.7 Å². The number of carbonyl (C=O) groups excluding carboxylic acids is 1. The minimum absolute atomic E-state index is 0.0121. The average molecular weight is 617 g/mol. The Morgan fingerprint density at radius 2 is 1.86 bits per heavy atom. The van der Waals surface area contributed by atoms with Gasteiger partial charge in [-0.2, -0.15) is 10.2 Å². The molecule has 1 saturated carbocycles. The van der Waals surface area contributed by atoms with Crippen LogP contribution in [0.3, 0.4) is 0 Å². The van der Waals surface area contributed by atoms with Crippen molar-refractivity contribution in [3.05, 3.63) is 105 Å². The van der Waals surface area contributed by atoms with Crippen molar-refractivity contribution in [3.8, 4) is 23.1 Å². The lowest BCUT2D eigenvalue weighted by molar-refractivity contribution is 0.0568. The predicted octanol–water partition coefficient (Wildman–Crippen LogP) is 4.48. The normalized spacial score (nSPS) is 13.9. The van der Waals surface area contributed by atoms with Crippen molar-refractivity contribution in [1.29, 1.82) is 5.26 Å². The fourth-order valence-electron chi connectivity index (χ4n) is 5.16. The SMILES string of the molecule is CC(C)OCc1nc(=O)c(S(=O)(=O)c2ccc(-c3ccc(F)cc3C(N)=O)cc2)c(O)n1C(c1cccc(C#N)c1)C1CC1. The second kappa shape index (κ2) is 12.0. The number of ether oxygens (including phenoxy) is 1. The Kier molecular flexibility index (Phi) is 8.36. The lowest BCUT2D eigenvalue weighted by atomic mass is 9.99. The van der Waals surface area contributed by atoms with E-state index in [4.69, 9.17) is 10.5 Å². The molecule has 1 atom stereocenters. The van der Waals surface area contributed by atoms with Crippen LogP contribution in [0.2, 0.25) is 0 Å². The molecule has 0 spiro atoms. The summed E-state index contributed by atoms with van der Waals surface area (Å²) in [5.41, 5.74) is 5.86. The molecule has 0 aliphatic heterocycles. The topological polar surface area (TPSA) is 165 Å². The largest absolute Gasteiger partial charge is 0.493 e. The molecule has 0 saturated heterocycles. The Labute approximate surface area is 253 Å². The van der Waals surface area contributed by atoms with Gasteiger partial charge in [0.1, 0.15) is 18.2 Å². The number of carbonyl (C=O) groups is 1. The predicted molar refractivity (Wildman–Crippen MR) is 158 cm³/mol. The number of sulfone groups is 1. The third-order valence-electron chi connectivity index (χ3n) is 7.38. The van der Waals surface area contributed by atoms with Gasteiger partial charge in [-0.3, -0.25) is 14.2 Å². The van der Waals surface area contributed by atoms with Crippen molar-refractivity contribution in [3.63, 3.8) is 0 Å². The number of benzene rings is 3. The van der Waals surface area contributed by atoms with Gasteiger partial charge < -0.3 is 15.6 Å². The molecule has 1 amide bonds. The van der Waals surface area contributed by atoms with E-state index in [-0.39, 0.29) is 40.5 Å². The highest BCUT2D eigenvalue weighted by Crippen LogP contribution is 2.46. The Hall–Kier alpha value is -4.86. The highest BCUT2D eigenvalue weighted by atomic mass is 32.2. The molecule has 10 nitrogen and oxygen atoms in total. The maximum absolute atomic E-state index is 13.9. The number of hydrogen-bond donors (Lipinski definition) is 2. The Bertz CT molecular complexity index is 1960. The lowest BCUT2D eigenvalue weighted by Crippen LogP contribution is -2.29. The van der Waals surface area contributed by atoms with Gasteiger partial charge in [-0.1, -0.05) is 30.3 Å². The summed E-state index contributed by atoms with van der Waals surface area (Å²) in [4.78, 5) is 28.1. The summed E-state index contributed by atoms with van der Waals surface area (Å²) in [6, 6.07) is 16.9. The zero-order chi connectivity index (χ0) is 31.8. The van der Waals surface area contributed by atoms with Crippen LogP contribution in [-0.2, 0) is 21.2 Å². The summed E-state index contributed by atoms with van der Waals surface area (Å²) in [6.45, 7) is 3.41.